The minimum Gasteiger partial charge on any atom is -0.497 e. The van der Waals surface area contributed by atoms with Crippen molar-refractivity contribution in [2.75, 3.05) is 43.9 Å². The van der Waals surface area contributed by atoms with Crippen molar-refractivity contribution in [3.05, 3.63) is 66.0 Å². The van der Waals surface area contributed by atoms with Crippen LogP contribution in [0, 0.1) is 0 Å². The van der Waals surface area contributed by atoms with Gasteiger partial charge < -0.3 is 14.2 Å². The molecule has 0 saturated carbocycles. The van der Waals surface area contributed by atoms with E-state index in [0.29, 0.717) is 41.1 Å². The lowest BCUT2D eigenvalue weighted by Gasteiger charge is -2.17. The van der Waals surface area contributed by atoms with Crippen LogP contribution in [0.3, 0.4) is 0 Å². The molecule has 2 heterocycles. The number of carbonyl (C=O) groups excluding carboxylic acids is 2. The molecule has 0 bridgehead atoms. The van der Waals surface area contributed by atoms with Gasteiger partial charge in [-0.1, -0.05) is 30.0 Å². The van der Waals surface area contributed by atoms with Crippen LogP contribution in [0.15, 0.2) is 69.9 Å². The highest BCUT2D eigenvalue weighted by atomic mass is 32.2. The second kappa shape index (κ2) is 12.2. The summed E-state index contributed by atoms with van der Waals surface area (Å²) in [6.07, 6.45) is 3.21. The van der Waals surface area contributed by atoms with Crippen molar-refractivity contribution in [1.82, 2.24) is 5.27 Å². The SMILES string of the molecule is COCC[n+]1cc(NC(=O)CSC2=N/C(=C/c3cc(OC)ccc3OC)C(=O)N2c2ccccc2)on1. The van der Waals surface area contributed by atoms with Crippen molar-refractivity contribution in [1.29, 1.82) is 0 Å². The van der Waals surface area contributed by atoms with E-state index < -0.39 is 0 Å². The Morgan fingerprint density at radius 3 is 2.70 bits per heavy atom. The summed E-state index contributed by atoms with van der Waals surface area (Å²) in [5.41, 5.74) is 1.47. The summed E-state index contributed by atoms with van der Waals surface area (Å²) in [5.74, 6) is 0.714. The van der Waals surface area contributed by atoms with Gasteiger partial charge in [-0.2, -0.15) is 0 Å². The van der Waals surface area contributed by atoms with Gasteiger partial charge >= 0.3 is 5.88 Å². The van der Waals surface area contributed by atoms with Crippen LogP contribution in [0.2, 0.25) is 0 Å². The smallest absolute Gasteiger partial charge is 0.302 e. The van der Waals surface area contributed by atoms with Gasteiger partial charge in [0.15, 0.2) is 5.17 Å². The second-order valence-electron chi connectivity index (χ2n) is 7.67. The molecular formula is C25H26N5O6S+. The molecule has 1 aliphatic heterocycles. The van der Waals surface area contributed by atoms with Crippen LogP contribution in [0.5, 0.6) is 11.5 Å². The molecule has 0 atom stereocenters. The largest absolute Gasteiger partial charge is 0.497 e. The Labute approximate surface area is 217 Å². The number of thioether (sulfide) groups is 1. The van der Waals surface area contributed by atoms with Crippen molar-refractivity contribution < 1.29 is 33.0 Å². The van der Waals surface area contributed by atoms with Gasteiger partial charge in [0.1, 0.15) is 23.8 Å². The number of hydrogen-bond acceptors (Lipinski definition) is 9. The summed E-state index contributed by atoms with van der Waals surface area (Å²) >= 11 is 1.13. The molecule has 37 heavy (non-hydrogen) atoms. The van der Waals surface area contributed by atoms with Crippen molar-refractivity contribution in [2.45, 2.75) is 6.54 Å². The summed E-state index contributed by atoms with van der Waals surface area (Å²) in [7, 11) is 4.70. The highest BCUT2D eigenvalue weighted by molar-refractivity contribution is 8.14. The molecule has 4 rings (SSSR count). The lowest BCUT2D eigenvalue weighted by Crippen LogP contribution is -2.36. The zero-order valence-electron chi connectivity index (χ0n) is 20.5. The number of para-hydroxylation sites is 1. The molecule has 12 heteroatoms. The summed E-state index contributed by atoms with van der Waals surface area (Å²) < 4.78 is 22.4. The first-order chi connectivity index (χ1) is 18.0. The summed E-state index contributed by atoms with van der Waals surface area (Å²) in [5, 5.41) is 6.84. The predicted molar refractivity (Wildman–Crippen MR) is 139 cm³/mol. The van der Waals surface area contributed by atoms with Gasteiger partial charge in [-0.3, -0.25) is 24.3 Å². The van der Waals surface area contributed by atoms with Crippen LogP contribution in [-0.4, -0.2) is 55.9 Å². The number of amides is 2. The van der Waals surface area contributed by atoms with Crippen molar-refractivity contribution in [3.63, 3.8) is 0 Å². The van der Waals surface area contributed by atoms with Crippen molar-refractivity contribution in [2.24, 2.45) is 4.99 Å². The first-order valence-corrected chi connectivity index (χ1v) is 12.2. The minimum atomic E-state index is -0.338. The molecule has 0 aliphatic carbocycles. The van der Waals surface area contributed by atoms with Gasteiger partial charge in [0.25, 0.3) is 12.1 Å². The number of ether oxygens (including phenoxy) is 3. The zero-order valence-corrected chi connectivity index (χ0v) is 21.4. The Morgan fingerprint density at radius 2 is 1.97 bits per heavy atom. The number of aromatic nitrogens is 2. The fourth-order valence-electron chi connectivity index (χ4n) is 3.43. The molecule has 1 N–H and O–H groups in total. The summed E-state index contributed by atoms with van der Waals surface area (Å²) in [6, 6.07) is 14.4. The molecule has 192 valence electrons. The molecule has 0 radical (unpaired) electrons. The van der Waals surface area contributed by atoms with E-state index in [9.17, 15) is 9.59 Å². The van der Waals surface area contributed by atoms with Crippen LogP contribution < -0.4 is 24.4 Å². The van der Waals surface area contributed by atoms with Crippen LogP contribution >= 0.6 is 11.8 Å². The summed E-state index contributed by atoms with van der Waals surface area (Å²) in [6.45, 7) is 0.948. The zero-order chi connectivity index (χ0) is 26.2. The molecule has 2 aromatic carbocycles. The number of nitrogens with zero attached hydrogens (tertiary/aromatic N) is 4. The number of aliphatic imine (C=N–C) groups is 1. The van der Waals surface area contributed by atoms with Gasteiger partial charge in [0.05, 0.1) is 25.7 Å². The Balaban J connectivity index is 1.54. The lowest BCUT2D eigenvalue weighted by atomic mass is 10.1. The summed E-state index contributed by atoms with van der Waals surface area (Å²) in [4.78, 5) is 32.0. The van der Waals surface area contributed by atoms with Crippen LogP contribution in [0.25, 0.3) is 6.08 Å². The molecular weight excluding hydrogens is 498 g/mol. The van der Waals surface area contributed by atoms with E-state index in [4.69, 9.17) is 18.7 Å². The average molecular weight is 525 g/mol. The molecule has 0 fully saturated rings. The quantitative estimate of drug-likeness (QED) is 0.318. The fourth-order valence-corrected chi connectivity index (χ4v) is 4.24. The van der Waals surface area contributed by atoms with Gasteiger partial charge in [-0.25, -0.2) is 4.99 Å². The highest BCUT2D eigenvalue weighted by Crippen LogP contribution is 2.32. The number of rotatable bonds is 10. The van der Waals surface area contributed by atoms with E-state index in [-0.39, 0.29) is 29.1 Å². The Morgan fingerprint density at radius 1 is 1.16 bits per heavy atom. The third-order valence-electron chi connectivity index (χ3n) is 5.20. The third kappa shape index (κ3) is 6.35. The van der Waals surface area contributed by atoms with Crippen LogP contribution in [0.4, 0.5) is 11.6 Å². The maximum Gasteiger partial charge on any atom is 0.302 e. The topological polar surface area (TPSA) is 119 Å². The van der Waals surface area contributed by atoms with E-state index in [2.05, 4.69) is 15.6 Å². The van der Waals surface area contributed by atoms with E-state index in [1.54, 1.807) is 63.9 Å². The van der Waals surface area contributed by atoms with Gasteiger partial charge in [-0.15, -0.1) is 0 Å². The monoisotopic (exact) mass is 524 g/mol. The number of amidine groups is 1. The average Bonchev–Trinajstić information content (AvgIpc) is 3.49. The van der Waals surface area contributed by atoms with E-state index in [1.165, 1.54) is 9.58 Å². The minimum absolute atomic E-state index is 0.00994. The van der Waals surface area contributed by atoms with E-state index >= 15 is 0 Å². The first-order valence-electron chi connectivity index (χ1n) is 11.2. The molecule has 1 aliphatic rings. The van der Waals surface area contributed by atoms with Gasteiger partial charge in [-0.05, 0) is 41.1 Å². The molecule has 0 spiro atoms. The lowest BCUT2D eigenvalue weighted by molar-refractivity contribution is -0.763. The molecule has 11 nitrogen and oxygen atoms in total. The Kier molecular flexibility index (Phi) is 8.54. The third-order valence-corrected chi connectivity index (χ3v) is 6.14. The predicted octanol–water partition coefficient (Wildman–Crippen LogP) is 2.74. The maximum absolute atomic E-state index is 13.4. The number of anilines is 2. The fraction of sp³-hybridized carbons (Fsp3) is 0.240. The Hall–Kier alpha value is -4.16. The number of carbonyl (C=O) groups is 2. The standard InChI is InChI=1S/C25H25N5O6S/c1-33-12-11-29-15-23(36-28-29)27-22(31)16-37-25-26-20(24(32)30(25)18-7-5-4-6-8-18)14-17-13-19(34-2)9-10-21(17)35-3/h4-10,13-15H,11-12,16H2,1-3H3/p+1/b20-14+. The number of hydrogen-bond donors (Lipinski definition) is 1. The van der Waals surface area contributed by atoms with Crippen molar-refractivity contribution >= 4 is 46.4 Å². The Bertz CT molecular complexity index is 1320. The first kappa shape index (κ1) is 25.9. The van der Waals surface area contributed by atoms with Crippen molar-refractivity contribution in [3.8, 4) is 11.5 Å². The van der Waals surface area contributed by atoms with Crippen LogP contribution in [0.1, 0.15) is 5.56 Å². The van der Waals surface area contributed by atoms with E-state index in [0.717, 1.165) is 11.8 Å². The van der Waals surface area contributed by atoms with E-state index in [1.807, 2.05) is 18.2 Å². The number of nitrogens with one attached hydrogen (secondary N) is 1. The molecule has 0 unspecified atom stereocenters. The molecule has 2 amide bonds. The molecule has 0 saturated heterocycles. The molecule has 3 aromatic rings. The number of benzene rings is 2. The normalized spacial score (nSPS) is 14.1. The second-order valence-corrected chi connectivity index (χ2v) is 8.61. The van der Waals surface area contributed by atoms with Gasteiger partial charge in [0, 0.05) is 12.7 Å². The number of methoxy groups -OCH3 is 3. The molecule has 1 aromatic heterocycles. The highest BCUT2D eigenvalue weighted by Gasteiger charge is 2.32. The maximum atomic E-state index is 13.4. The van der Waals surface area contributed by atoms with Gasteiger partial charge in [0.2, 0.25) is 17.7 Å². The van der Waals surface area contributed by atoms with Crippen LogP contribution in [-0.2, 0) is 20.9 Å².